The van der Waals surface area contributed by atoms with Gasteiger partial charge >= 0.3 is 12.8 Å². The van der Waals surface area contributed by atoms with Gasteiger partial charge < -0.3 is 20.1 Å². The lowest BCUT2D eigenvalue weighted by molar-refractivity contribution is -0.115. The van der Waals surface area contributed by atoms with E-state index in [-0.39, 0.29) is 28.4 Å². The van der Waals surface area contributed by atoms with Crippen LogP contribution in [0, 0.1) is 0 Å². The van der Waals surface area contributed by atoms with Crippen molar-refractivity contribution in [3.8, 4) is 11.5 Å². The molecule has 2 rings (SSSR count). The summed E-state index contributed by atoms with van der Waals surface area (Å²) in [5, 5.41) is 4.66. The van der Waals surface area contributed by atoms with E-state index in [1.54, 1.807) is 0 Å². The SMILES string of the molecule is COc1cc(C(=O)Nc2ccccc2NCC(F)(F)F)ccc1OC(F)F. The lowest BCUT2D eigenvalue weighted by atomic mass is 10.1. The summed E-state index contributed by atoms with van der Waals surface area (Å²) in [5.41, 5.74) is 0.241. The number of carbonyl (C=O) groups excluding carboxylic acids is 1. The maximum absolute atomic E-state index is 12.4. The van der Waals surface area contributed by atoms with E-state index in [1.165, 1.54) is 43.5 Å². The summed E-state index contributed by atoms with van der Waals surface area (Å²) in [7, 11) is 1.21. The van der Waals surface area contributed by atoms with Gasteiger partial charge in [0.2, 0.25) is 0 Å². The molecule has 27 heavy (non-hydrogen) atoms. The van der Waals surface area contributed by atoms with Gasteiger partial charge in [0.1, 0.15) is 6.54 Å². The van der Waals surface area contributed by atoms with E-state index < -0.39 is 25.2 Å². The molecule has 0 fully saturated rings. The first kappa shape index (κ1) is 20.3. The number of rotatable bonds is 7. The third-order valence-electron chi connectivity index (χ3n) is 3.30. The molecule has 2 aromatic rings. The van der Waals surface area contributed by atoms with E-state index in [9.17, 15) is 26.7 Å². The molecule has 0 aromatic heterocycles. The highest BCUT2D eigenvalue weighted by molar-refractivity contribution is 6.06. The lowest BCUT2D eigenvalue weighted by Gasteiger charge is -2.15. The minimum atomic E-state index is -4.43. The van der Waals surface area contributed by atoms with Crippen LogP contribution in [0.4, 0.5) is 33.3 Å². The first-order valence-corrected chi connectivity index (χ1v) is 7.53. The normalized spacial score (nSPS) is 11.2. The maximum Gasteiger partial charge on any atom is 0.405 e. The van der Waals surface area contributed by atoms with Crippen molar-refractivity contribution in [2.45, 2.75) is 12.8 Å². The fraction of sp³-hybridized carbons (Fsp3) is 0.235. The average molecular weight is 390 g/mol. The van der Waals surface area contributed by atoms with Crippen LogP contribution in [0.25, 0.3) is 0 Å². The van der Waals surface area contributed by atoms with Crippen molar-refractivity contribution in [2.75, 3.05) is 24.3 Å². The largest absolute Gasteiger partial charge is 0.493 e. The second-order valence-electron chi connectivity index (χ2n) is 5.21. The maximum atomic E-state index is 12.4. The summed E-state index contributed by atoms with van der Waals surface area (Å²) in [6.45, 7) is -4.34. The fourth-order valence-corrected chi connectivity index (χ4v) is 2.14. The highest BCUT2D eigenvalue weighted by atomic mass is 19.4. The Hall–Kier alpha value is -3.04. The molecule has 0 atom stereocenters. The van der Waals surface area contributed by atoms with E-state index in [1.807, 2.05) is 0 Å². The Morgan fingerprint density at radius 3 is 2.33 bits per heavy atom. The van der Waals surface area contributed by atoms with Gasteiger partial charge in [-0.1, -0.05) is 12.1 Å². The molecule has 0 spiro atoms. The number of carbonyl (C=O) groups is 1. The Kier molecular flexibility index (Phi) is 6.43. The van der Waals surface area contributed by atoms with Crippen LogP contribution in [0.2, 0.25) is 0 Å². The van der Waals surface area contributed by atoms with Crippen LogP contribution in [0.3, 0.4) is 0 Å². The summed E-state index contributed by atoms with van der Waals surface area (Å²) in [6, 6.07) is 9.37. The zero-order valence-electron chi connectivity index (χ0n) is 13.9. The van der Waals surface area contributed by atoms with Crippen LogP contribution in [0.5, 0.6) is 11.5 Å². The number of methoxy groups -OCH3 is 1. The van der Waals surface area contributed by atoms with Gasteiger partial charge in [-0.05, 0) is 30.3 Å². The molecule has 10 heteroatoms. The van der Waals surface area contributed by atoms with Crippen LogP contribution >= 0.6 is 0 Å². The van der Waals surface area contributed by atoms with Crippen molar-refractivity contribution in [1.82, 2.24) is 0 Å². The lowest BCUT2D eigenvalue weighted by Crippen LogP contribution is -2.22. The van der Waals surface area contributed by atoms with Gasteiger partial charge in [0.25, 0.3) is 5.91 Å². The van der Waals surface area contributed by atoms with Gasteiger partial charge in [-0.3, -0.25) is 4.79 Å². The van der Waals surface area contributed by atoms with Crippen molar-refractivity contribution < 1.29 is 36.2 Å². The molecule has 2 N–H and O–H groups in total. The predicted molar refractivity (Wildman–Crippen MR) is 88.6 cm³/mol. The number of hydrogen-bond donors (Lipinski definition) is 2. The molecule has 0 heterocycles. The van der Waals surface area contributed by atoms with Gasteiger partial charge in [-0.15, -0.1) is 0 Å². The van der Waals surface area contributed by atoms with Gasteiger partial charge in [-0.25, -0.2) is 0 Å². The minimum Gasteiger partial charge on any atom is -0.493 e. The van der Waals surface area contributed by atoms with Crippen LogP contribution in [0.15, 0.2) is 42.5 Å². The molecular weight excluding hydrogens is 375 g/mol. The summed E-state index contributed by atoms with van der Waals surface area (Å²) in [6.07, 6.45) is -4.43. The average Bonchev–Trinajstić information content (AvgIpc) is 2.60. The molecule has 0 unspecified atom stereocenters. The quantitative estimate of drug-likeness (QED) is 0.683. The molecule has 0 saturated carbocycles. The van der Waals surface area contributed by atoms with Crippen LogP contribution in [-0.4, -0.2) is 32.3 Å². The second-order valence-corrected chi connectivity index (χ2v) is 5.21. The Bertz CT molecular complexity index is 796. The van der Waals surface area contributed by atoms with Crippen molar-refractivity contribution >= 4 is 17.3 Å². The summed E-state index contributed by atoms with van der Waals surface area (Å²) in [4.78, 5) is 12.4. The molecule has 5 nitrogen and oxygen atoms in total. The number of halogens is 5. The van der Waals surface area contributed by atoms with Crippen molar-refractivity contribution in [2.24, 2.45) is 0 Å². The number of nitrogens with one attached hydrogen (secondary N) is 2. The molecule has 2 aromatic carbocycles. The van der Waals surface area contributed by atoms with Crippen molar-refractivity contribution in [1.29, 1.82) is 0 Å². The number of alkyl halides is 5. The number of amides is 1. The number of anilines is 2. The molecule has 0 saturated heterocycles. The molecular formula is C17H15F5N2O3. The summed E-state index contributed by atoms with van der Waals surface area (Å²) in [5.74, 6) is -1.01. The van der Waals surface area contributed by atoms with Crippen molar-refractivity contribution in [3.05, 3.63) is 48.0 Å². The van der Waals surface area contributed by atoms with Crippen molar-refractivity contribution in [3.63, 3.8) is 0 Å². The van der Waals surface area contributed by atoms with Gasteiger partial charge in [0, 0.05) is 5.56 Å². The van der Waals surface area contributed by atoms with E-state index in [4.69, 9.17) is 4.74 Å². The van der Waals surface area contributed by atoms with Crippen LogP contribution < -0.4 is 20.1 Å². The number of hydrogen-bond acceptors (Lipinski definition) is 4. The Morgan fingerprint density at radius 1 is 1.07 bits per heavy atom. The fourth-order valence-electron chi connectivity index (χ4n) is 2.14. The van der Waals surface area contributed by atoms with E-state index >= 15 is 0 Å². The molecule has 146 valence electrons. The van der Waals surface area contributed by atoms with Gasteiger partial charge in [0.15, 0.2) is 11.5 Å². The first-order valence-electron chi connectivity index (χ1n) is 7.53. The standard InChI is InChI=1S/C17H15F5N2O3/c1-26-14-8-10(6-7-13(14)27-16(18)19)15(25)24-12-5-3-2-4-11(12)23-9-17(20,21)22/h2-8,16,23H,9H2,1H3,(H,24,25). The number of para-hydroxylation sites is 2. The third-order valence-corrected chi connectivity index (χ3v) is 3.30. The monoisotopic (exact) mass is 390 g/mol. The highest BCUT2D eigenvalue weighted by Crippen LogP contribution is 2.30. The smallest absolute Gasteiger partial charge is 0.405 e. The minimum absolute atomic E-state index is 0.0408. The van der Waals surface area contributed by atoms with E-state index in [0.29, 0.717) is 0 Å². The van der Waals surface area contributed by atoms with Crippen LogP contribution in [0.1, 0.15) is 10.4 Å². The molecule has 0 aliphatic heterocycles. The van der Waals surface area contributed by atoms with Crippen LogP contribution in [-0.2, 0) is 0 Å². The Labute approximate surface area is 151 Å². The number of benzene rings is 2. The summed E-state index contributed by atoms with van der Waals surface area (Å²) < 4.78 is 71.0. The Balaban J connectivity index is 2.18. The highest BCUT2D eigenvalue weighted by Gasteiger charge is 2.27. The number of ether oxygens (including phenoxy) is 2. The zero-order chi connectivity index (χ0) is 20.0. The molecule has 0 bridgehead atoms. The third kappa shape index (κ3) is 6.01. The molecule has 0 radical (unpaired) electrons. The molecule has 0 aliphatic rings. The van der Waals surface area contributed by atoms with Gasteiger partial charge in [-0.2, -0.15) is 22.0 Å². The van der Waals surface area contributed by atoms with E-state index in [2.05, 4.69) is 15.4 Å². The van der Waals surface area contributed by atoms with E-state index in [0.717, 1.165) is 6.07 Å². The molecule has 0 aliphatic carbocycles. The first-order chi connectivity index (χ1) is 12.7. The topological polar surface area (TPSA) is 59.6 Å². The molecule has 1 amide bonds. The Morgan fingerprint density at radius 2 is 1.74 bits per heavy atom. The zero-order valence-corrected chi connectivity index (χ0v) is 13.9. The predicted octanol–water partition coefficient (Wildman–Crippen LogP) is 4.52. The second kappa shape index (κ2) is 8.56. The summed E-state index contributed by atoms with van der Waals surface area (Å²) >= 11 is 0. The van der Waals surface area contributed by atoms with Gasteiger partial charge in [0.05, 0.1) is 18.5 Å².